The lowest BCUT2D eigenvalue weighted by Crippen LogP contribution is -2.15. The van der Waals surface area contributed by atoms with Gasteiger partial charge in [-0.05, 0) is 37.1 Å². The van der Waals surface area contributed by atoms with Gasteiger partial charge < -0.3 is 9.30 Å². The van der Waals surface area contributed by atoms with Crippen LogP contribution in [-0.2, 0) is 11.3 Å². The Hall–Kier alpha value is -3.26. The maximum atomic E-state index is 12.4. The van der Waals surface area contributed by atoms with E-state index in [-0.39, 0.29) is 5.69 Å². The number of benzene rings is 2. The number of aromatic nitrogens is 1. The number of ether oxygens (including phenoxy) is 1. The van der Waals surface area contributed by atoms with E-state index in [2.05, 4.69) is 4.99 Å². The molecule has 0 fully saturated rings. The first kappa shape index (κ1) is 19.5. The van der Waals surface area contributed by atoms with Crippen molar-refractivity contribution in [3.05, 3.63) is 68.5 Å². The van der Waals surface area contributed by atoms with Crippen LogP contribution >= 0.6 is 11.3 Å². The third kappa shape index (κ3) is 3.86. The highest BCUT2D eigenvalue weighted by molar-refractivity contribution is 7.16. The molecule has 0 spiro atoms. The van der Waals surface area contributed by atoms with Gasteiger partial charge in [-0.1, -0.05) is 29.5 Å². The summed E-state index contributed by atoms with van der Waals surface area (Å²) in [5.74, 6) is 0.302. The molecule has 0 radical (unpaired) electrons. The standard InChI is InChI=1S/C20H19N3O4S/c1-4-22-18-16(27-3)10-8-13(2)19(18)28-20(22)21-17(24)11-9-14-6-5-7-15(12-14)23(25)26/h5-12H,4H2,1-3H3/b11-9+,21-20?. The molecule has 0 N–H and O–H groups in total. The quantitative estimate of drug-likeness (QED) is 0.369. The van der Waals surface area contributed by atoms with Gasteiger partial charge in [-0.3, -0.25) is 14.9 Å². The highest BCUT2D eigenvalue weighted by Gasteiger charge is 2.13. The van der Waals surface area contributed by atoms with E-state index in [0.29, 0.717) is 16.9 Å². The Labute approximate surface area is 165 Å². The normalized spacial score (nSPS) is 12.0. The molecule has 3 rings (SSSR count). The largest absolute Gasteiger partial charge is 0.495 e. The molecule has 3 aromatic rings. The number of fused-ring (bicyclic) bond motifs is 1. The molecule has 0 atom stereocenters. The van der Waals surface area contributed by atoms with Gasteiger partial charge in [0.05, 0.1) is 16.7 Å². The first-order valence-corrected chi connectivity index (χ1v) is 9.44. The van der Waals surface area contributed by atoms with Gasteiger partial charge in [0.25, 0.3) is 11.6 Å². The van der Waals surface area contributed by atoms with Gasteiger partial charge in [0.15, 0.2) is 4.80 Å². The van der Waals surface area contributed by atoms with E-state index in [9.17, 15) is 14.9 Å². The molecule has 0 bridgehead atoms. The predicted octanol–water partition coefficient (Wildman–Crippen LogP) is 4.09. The Morgan fingerprint density at radius 2 is 2.14 bits per heavy atom. The van der Waals surface area contributed by atoms with Gasteiger partial charge in [-0.25, -0.2) is 0 Å². The number of rotatable bonds is 5. The minimum Gasteiger partial charge on any atom is -0.495 e. The first-order valence-electron chi connectivity index (χ1n) is 8.62. The smallest absolute Gasteiger partial charge is 0.272 e. The molecule has 0 saturated carbocycles. The highest BCUT2D eigenvalue weighted by Crippen LogP contribution is 2.30. The molecule has 0 aliphatic heterocycles. The summed E-state index contributed by atoms with van der Waals surface area (Å²) in [5, 5.41) is 10.9. The van der Waals surface area contributed by atoms with E-state index in [1.165, 1.54) is 35.6 Å². The van der Waals surface area contributed by atoms with Crippen molar-refractivity contribution in [2.24, 2.45) is 4.99 Å². The number of nitro groups is 1. The molecular formula is C20H19N3O4S. The molecule has 2 aromatic carbocycles. The Morgan fingerprint density at radius 3 is 2.82 bits per heavy atom. The molecule has 8 heteroatoms. The third-order valence-corrected chi connectivity index (χ3v) is 5.44. The predicted molar refractivity (Wildman–Crippen MR) is 109 cm³/mol. The van der Waals surface area contributed by atoms with Gasteiger partial charge >= 0.3 is 0 Å². The molecular weight excluding hydrogens is 378 g/mol. The lowest BCUT2D eigenvalue weighted by Gasteiger charge is -2.07. The molecule has 144 valence electrons. The fourth-order valence-electron chi connectivity index (χ4n) is 2.86. The monoisotopic (exact) mass is 397 g/mol. The van der Waals surface area contributed by atoms with Gasteiger partial charge in [0.1, 0.15) is 11.3 Å². The molecule has 0 unspecified atom stereocenters. The molecule has 0 aliphatic rings. The molecule has 1 amide bonds. The van der Waals surface area contributed by atoms with Crippen LogP contribution in [0.4, 0.5) is 5.69 Å². The molecule has 0 aliphatic carbocycles. The third-order valence-electron chi connectivity index (χ3n) is 4.23. The molecule has 1 heterocycles. The number of aryl methyl sites for hydroxylation is 2. The molecule has 7 nitrogen and oxygen atoms in total. The van der Waals surface area contributed by atoms with Crippen LogP contribution in [0.5, 0.6) is 5.75 Å². The highest BCUT2D eigenvalue weighted by atomic mass is 32.1. The van der Waals surface area contributed by atoms with Crippen LogP contribution in [0.25, 0.3) is 16.3 Å². The second kappa shape index (κ2) is 8.18. The zero-order valence-electron chi connectivity index (χ0n) is 15.7. The van der Waals surface area contributed by atoms with Crippen LogP contribution in [-0.4, -0.2) is 22.5 Å². The number of thiazole rings is 1. The number of nitrogens with zero attached hydrogens (tertiary/aromatic N) is 3. The fourth-order valence-corrected chi connectivity index (χ4v) is 4.05. The van der Waals surface area contributed by atoms with Crippen molar-refractivity contribution >= 4 is 39.2 Å². The lowest BCUT2D eigenvalue weighted by atomic mass is 10.2. The summed E-state index contributed by atoms with van der Waals surface area (Å²) in [4.78, 5) is 27.5. The number of hydrogen-bond acceptors (Lipinski definition) is 5. The van der Waals surface area contributed by atoms with Gasteiger partial charge in [-0.15, -0.1) is 0 Å². The molecule has 0 saturated heterocycles. The number of amides is 1. The maximum Gasteiger partial charge on any atom is 0.272 e. The summed E-state index contributed by atoms with van der Waals surface area (Å²) in [5.41, 5.74) is 2.55. The SMILES string of the molecule is CCn1c(=NC(=O)/C=C/c2cccc([N+](=O)[O-])c2)sc2c(C)ccc(OC)c21. The number of carbonyl (C=O) groups excluding carboxylic acids is 1. The number of hydrogen-bond donors (Lipinski definition) is 0. The van der Waals surface area contributed by atoms with Gasteiger partial charge in [-0.2, -0.15) is 4.99 Å². The summed E-state index contributed by atoms with van der Waals surface area (Å²) in [7, 11) is 1.62. The summed E-state index contributed by atoms with van der Waals surface area (Å²) >= 11 is 1.43. The van der Waals surface area contributed by atoms with Crippen LogP contribution in [0, 0.1) is 17.0 Å². The van der Waals surface area contributed by atoms with E-state index in [4.69, 9.17) is 4.74 Å². The summed E-state index contributed by atoms with van der Waals surface area (Å²) in [6, 6.07) is 9.96. The Morgan fingerprint density at radius 1 is 1.36 bits per heavy atom. The van der Waals surface area contributed by atoms with Crippen LogP contribution < -0.4 is 9.54 Å². The summed E-state index contributed by atoms with van der Waals surface area (Å²) < 4.78 is 8.44. The van der Waals surface area contributed by atoms with Crippen molar-refractivity contribution in [1.29, 1.82) is 0 Å². The van der Waals surface area contributed by atoms with Crippen molar-refractivity contribution in [1.82, 2.24) is 4.57 Å². The van der Waals surface area contributed by atoms with Crippen LogP contribution in [0.3, 0.4) is 0 Å². The average Bonchev–Trinajstić information content (AvgIpc) is 3.06. The molecule has 28 heavy (non-hydrogen) atoms. The zero-order chi connectivity index (χ0) is 20.3. The zero-order valence-corrected chi connectivity index (χ0v) is 16.5. The van der Waals surface area contributed by atoms with Crippen LogP contribution in [0.2, 0.25) is 0 Å². The van der Waals surface area contributed by atoms with E-state index in [0.717, 1.165) is 21.5 Å². The molecule has 1 aromatic heterocycles. The second-order valence-corrected chi connectivity index (χ2v) is 7.00. The lowest BCUT2D eigenvalue weighted by molar-refractivity contribution is -0.384. The van der Waals surface area contributed by atoms with Crippen LogP contribution in [0.1, 0.15) is 18.1 Å². The number of carbonyl (C=O) groups is 1. The average molecular weight is 397 g/mol. The Bertz CT molecular complexity index is 1160. The van der Waals surface area contributed by atoms with Crippen molar-refractivity contribution in [3.63, 3.8) is 0 Å². The summed E-state index contributed by atoms with van der Waals surface area (Å²) in [6.07, 6.45) is 2.84. The minimum atomic E-state index is -0.472. The Kier molecular flexibility index (Phi) is 5.70. The summed E-state index contributed by atoms with van der Waals surface area (Å²) in [6.45, 7) is 4.63. The second-order valence-electron chi connectivity index (χ2n) is 6.03. The number of non-ortho nitro benzene ring substituents is 1. The minimum absolute atomic E-state index is 0.0255. The number of nitro benzene ring substituents is 1. The van der Waals surface area contributed by atoms with Crippen molar-refractivity contribution in [2.75, 3.05) is 7.11 Å². The Balaban J connectivity index is 2.00. The van der Waals surface area contributed by atoms with Crippen molar-refractivity contribution in [2.45, 2.75) is 20.4 Å². The van der Waals surface area contributed by atoms with Crippen molar-refractivity contribution < 1.29 is 14.5 Å². The van der Waals surface area contributed by atoms with E-state index in [1.807, 2.05) is 30.5 Å². The van der Waals surface area contributed by atoms with Gasteiger partial charge in [0.2, 0.25) is 0 Å². The maximum absolute atomic E-state index is 12.4. The fraction of sp³-hybridized carbons (Fsp3) is 0.200. The van der Waals surface area contributed by atoms with Gasteiger partial charge in [0, 0.05) is 24.8 Å². The van der Waals surface area contributed by atoms with Crippen LogP contribution in [0.15, 0.2) is 47.5 Å². The van der Waals surface area contributed by atoms with E-state index in [1.54, 1.807) is 19.2 Å². The first-order chi connectivity index (χ1) is 13.4. The van der Waals surface area contributed by atoms with E-state index < -0.39 is 10.8 Å². The van der Waals surface area contributed by atoms with Crippen molar-refractivity contribution in [3.8, 4) is 5.75 Å². The number of methoxy groups -OCH3 is 1. The topological polar surface area (TPSA) is 86.7 Å². The van der Waals surface area contributed by atoms with E-state index >= 15 is 0 Å².